The van der Waals surface area contributed by atoms with Gasteiger partial charge >= 0.3 is 0 Å². The zero-order chi connectivity index (χ0) is 0. The summed E-state index contributed by atoms with van der Waals surface area (Å²) in [5.41, 5.74) is 0. The molecule has 5 heteroatoms. The Balaban J connectivity index is 0. The average molecular weight is 542 g/mol. The standard InChI is InChI=1S/2Cm.3O/q;;3*-2. The van der Waals surface area contributed by atoms with Crippen molar-refractivity contribution in [3.8, 4) is 0 Å². The Morgan fingerprint density at radius 2 is 0.400 bits per heavy atom. The molecule has 0 aromatic rings. The second kappa shape index (κ2) is 0.324. The first-order chi connectivity index (χ1) is 0. The molecule has 5 heavy (non-hydrogen) atoms. The monoisotopic (exact) mass is 534 g/mol. The van der Waals surface area contributed by atoms with Crippen molar-refractivity contribution >= 4 is 0 Å². The Hall–Kier alpha value is -2.12. The fourth-order valence-electron chi connectivity index (χ4n) is 0. The molecule has 0 fully saturated rings. The predicted molar refractivity (Wildman–Crippen MR) is 2.06 cm³/mol. The third-order valence-corrected chi connectivity index (χ3v) is 0. The summed E-state index contributed by atoms with van der Waals surface area (Å²) < 4.78 is 0. The first-order valence-electron chi connectivity index (χ1n) is 0. The van der Waals surface area contributed by atoms with Gasteiger partial charge in [0.05, 0.1) is 0 Å². The largest absolute Gasteiger partial charge is 2.00 e. The Bertz CT molecular complexity index is 4.85. The molecule has 0 saturated carbocycles. The van der Waals surface area contributed by atoms with Crippen LogP contribution in [-0.4, -0.2) is 0 Å². The SMILES string of the molecule is [Cm].[Cm].[O-2].[O-2].[O-2]. The van der Waals surface area contributed by atoms with Gasteiger partial charge < -0.3 is 16.4 Å². The normalized spacial score (nSPS) is 0. The molecule has 0 unspecified atom stereocenters. The molecule has 0 bridgehead atoms. The van der Waals surface area contributed by atoms with Crippen LogP contribution in [0.2, 0.25) is 0 Å². The van der Waals surface area contributed by atoms with Gasteiger partial charge in [-0.05, 0) is 0 Å². The molecule has 0 spiro atoms. The summed E-state index contributed by atoms with van der Waals surface area (Å²) in [6, 6.07) is 0. The van der Waals surface area contributed by atoms with E-state index in [1.54, 1.807) is 0 Å². The van der Waals surface area contributed by atoms with Crippen molar-refractivity contribution in [3.05, 3.63) is 0 Å². The van der Waals surface area contributed by atoms with Gasteiger partial charge in [0.2, 0.25) is 0 Å². The summed E-state index contributed by atoms with van der Waals surface area (Å²) in [4.78, 5) is 0. The van der Waals surface area contributed by atoms with E-state index < -0.39 is 0 Å². The van der Waals surface area contributed by atoms with Crippen LogP contribution in [0.15, 0.2) is 0 Å². The molecule has 0 aromatic heterocycles. The second-order valence-corrected chi connectivity index (χ2v) is 0. The zero-order valence-electron chi connectivity index (χ0n) is 1.93. The number of hydrogen-bond acceptors (Lipinski definition) is 0. The molecule has 0 radical (unpaired) electrons. The Morgan fingerprint density at radius 3 is 0.400 bits per heavy atom. The van der Waals surface area contributed by atoms with Crippen molar-refractivity contribution in [1.82, 2.24) is 0 Å². The Kier molecular flexibility index (Phi) is 0.147. The van der Waals surface area contributed by atoms with Crippen molar-refractivity contribution in [2.75, 3.05) is 0 Å². The van der Waals surface area contributed by atoms with E-state index in [0.29, 0.717) is 0 Å². The van der Waals surface area contributed by atoms with Gasteiger partial charge in [0.1, 0.15) is 0 Å². The van der Waals surface area contributed by atoms with Crippen LogP contribution in [0.25, 0.3) is 0 Å². The maximum absolute atomic E-state index is 0. The third kappa shape index (κ3) is 0.00602. The summed E-state index contributed by atoms with van der Waals surface area (Å²) in [6.07, 6.45) is 0. The second-order valence-electron chi connectivity index (χ2n) is 0. The van der Waals surface area contributed by atoms with E-state index in [4.69, 9.17) is 0 Å². The fraction of sp³-hybridized carbons (Fsp3) is 0. The number of rotatable bonds is 0. The van der Waals surface area contributed by atoms with E-state index in [2.05, 4.69) is 0 Å². The molecular formula is Cm2O3-6. The van der Waals surface area contributed by atoms with Crippen LogP contribution < -0.4 is 0 Å². The Morgan fingerprint density at radius 1 is 0.400 bits per heavy atom. The number of hydrogen-bond donors (Lipinski definition) is 0. The molecular weight excluding hydrogens is 542 g/mol. The smallest absolute Gasteiger partial charge is 0 e. The van der Waals surface area contributed by atoms with Crippen LogP contribution in [0, 0.1) is 0 Å². The van der Waals surface area contributed by atoms with Crippen molar-refractivity contribution < 1.29 is 16.4 Å². The van der Waals surface area contributed by atoms with Crippen LogP contribution in [0.3, 0.4) is 0 Å². The first-order valence-corrected chi connectivity index (χ1v) is 0. The van der Waals surface area contributed by atoms with Gasteiger partial charge in [0.15, 0.2) is 0 Å². The third-order valence-electron chi connectivity index (χ3n) is 0. The molecule has 40 valence electrons. The van der Waals surface area contributed by atoms with Crippen LogP contribution in [-0.2, 0) is 16.4 Å². The summed E-state index contributed by atoms with van der Waals surface area (Å²) >= 11 is 0. The maximum atomic E-state index is 0. The van der Waals surface area contributed by atoms with E-state index in [1.807, 2.05) is 0 Å². The van der Waals surface area contributed by atoms with Gasteiger partial charge in [0.25, 0.3) is 0 Å². The van der Waals surface area contributed by atoms with E-state index in [9.17, 15) is 0 Å². The summed E-state index contributed by atoms with van der Waals surface area (Å²) in [5, 5.41) is 0. The quantitative estimate of drug-likeness (QED) is 0.401. The fourth-order valence-corrected chi connectivity index (χ4v) is 0. The van der Waals surface area contributed by atoms with Crippen molar-refractivity contribution in [1.29, 1.82) is 0 Å². The summed E-state index contributed by atoms with van der Waals surface area (Å²) in [5.74, 6) is 0. The van der Waals surface area contributed by atoms with Crippen LogP contribution in [0.5, 0.6) is 0 Å². The van der Waals surface area contributed by atoms with E-state index in [1.165, 1.54) is 0 Å². The van der Waals surface area contributed by atoms with Crippen LogP contribution >= 0.6 is 0 Å². The summed E-state index contributed by atoms with van der Waals surface area (Å²) in [6.45, 7) is 0. The van der Waals surface area contributed by atoms with Crippen molar-refractivity contribution in [3.63, 3.8) is 0 Å². The first kappa shape index (κ1) is 2.26. The van der Waals surface area contributed by atoms with E-state index in [-0.39, 0.29) is 16.4 Å². The minimum atomic E-state index is 0. The molecule has 0 aromatic carbocycles. The molecule has 0 atom stereocenters. The Labute approximate surface area is 17.8 Å². The van der Waals surface area contributed by atoms with Gasteiger partial charge in [-0.15, -0.1) is 0 Å². The molecule has 0 heterocycles. The van der Waals surface area contributed by atoms with Gasteiger partial charge in [-0.2, -0.15) is 0 Å². The molecule has 0 N–H and O–H groups in total. The molecule has 0 amide bonds. The van der Waals surface area contributed by atoms with E-state index in [0.717, 1.165) is 0 Å². The van der Waals surface area contributed by atoms with Gasteiger partial charge in [0, 0.05) is 0 Å². The van der Waals surface area contributed by atoms with Crippen LogP contribution in [0.1, 0.15) is 0 Å². The maximum Gasteiger partial charge on any atom is 0 e. The summed E-state index contributed by atoms with van der Waals surface area (Å²) in [7, 11) is 0. The van der Waals surface area contributed by atoms with Crippen molar-refractivity contribution in [2.24, 2.45) is 0 Å². The molecule has 0 rings (SSSR count). The topological polar surface area (TPSA) is 85.5 Å². The van der Waals surface area contributed by atoms with E-state index >= 15 is 0 Å². The molecule has 0 saturated heterocycles. The minimum absolute atomic E-state index is 0. The van der Waals surface area contributed by atoms with Gasteiger partial charge in [-0.25, -0.2) is 0 Å². The molecule has 3 nitrogen and oxygen atoms in total. The van der Waals surface area contributed by atoms with Gasteiger partial charge in [-0.1, -0.05) is 0 Å². The molecule has 0 aliphatic rings. The molecule has 0 aliphatic carbocycles. The van der Waals surface area contributed by atoms with Crippen LogP contribution in [0.4, 0.5) is 0 Å². The van der Waals surface area contributed by atoms with Gasteiger partial charge in [-0.3, -0.25) is 0 Å². The zero-order valence-corrected chi connectivity index (χ0v) is 7.82. The van der Waals surface area contributed by atoms with Crippen molar-refractivity contribution in [2.45, 2.75) is 0 Å². The molecule has 0 aliphatic heterocycles. The predicted octanol–water partition coefficient (Wildman–Crippen LogP) is -0.356. The average Bonchev–Trinajstić information content (AvgIpc) is 0. The minimum Gasteiger partial charge on any atom is -2.00 e.